The molecule has 188 valence electrons. The van der Waals surface area contributed by atoms with E-state index in [1.807, 2.05) is 67.6 Å². The van der Waals surface area contributed by atoms with Gasteiger partial charge in [-0.05, 0) is 65.8 Å². The van der Waals surface area contributed by atoms with Crippen LogP contribution in [-0.2, 0) is 13.0 Å². The van der Waals surface area contributed by atoms with Crippen LogP contribution in [0, 0.1) is 0 Å². The van der Waals surface area contributed by atoms with Gasteiger partial charge in [-0.3, -0.25) is 4.79 Å². The van der Waals surface area contributed by atoms with Crippen molar-refractivity contribution in [2.75, 3.05) is 11.4 Å². The fraction of sp³-hybridized carbons (Fsp3) is 0.219. The Morgan fingerprint density at radius 2 is 1.62 bits per heavy atom. The van der Waals surface area contributed by atoms with E-state index < -0.39 is 6.29 Å². The molecule has 0 saturated heterocycles. The number of fused-ring (bicyclic) bond motifs is 1. The first-order chi connectivity index (χ1) is 18.0. The molecule has 0 aromatic heterocycles. The predicted molar refractivity (Wildman–Crippen MR) is 147 cm³/mol. The van der Waals surface area contributed by atoms with Crippen molar-refractivity contribution in [2.24, 2.45) is 0 Å². The van der Waals surface area contributed by atoms with E-state index >= 15 is 0 Å². The molecule has 0 spiro atoms. The van der Waals surface area contributed by atoms with Gasteiger partial charge in [0, 0.05) is 29.9 Å². The maximum absolute atomic E-state index is 13.0. The summed E-state index contributed by atoms with van der Waals surface area (Å²) in [6.45, 7) is 3.71. The Morgan fingerprint density at radius 1 is 0.892 bits per heavy atom. The lowest BCUT2D eigenvalue weighted by Gasteiger charge is -2.32. The molecule has 5 nitrogen and oxygen atoms in total. The second-order valence-corrected chi connectivity index (χ2v) is 9.63. The topological polar surface area (TPSA) is 72.8 Å². The summed E-state index contributed by atoms with van der Waals surface area (Å²) in [5.74, 6) is -0.0573. The van der Waals surface area contributed by atoms with Crippen LogP contribution >= 0.6 is 0 Å². The van der Waals surface area contributed by atoms with Crippen molar-refractivity contribution in [3.63, 3.8) is 0 Å². The van der Waals surface area contributed by atoms with Crippen LogP contribution in [0.2, 0.25) is 0 Å². The zero-order valence-corrected chi connectivity index (χ0v) is 21.0. The van der Waals surface area contributed by atoms with E-state index in [1.54, 1.807) is 12.1 Å². The number of carbonyl (C=O) groups is 1. The summed E-state index contributed by atoms with van der Waals surface area (Å²) in [6.07, 6.45) is 0.514. The quantitative estimate of drug-likeness (QED) is 0.286. The van der Waals surface area contributed by atoms with Crippen molar-refractivity contribution in [3.8, 4) is 11.1 Å². The smallest absolute Gasteiger partial charge is 0.251 e. The van der Waals surface area contributed by atoms with Crippen LogP contribution < -0.4 is 10.2 Å². The number of nitrogens with one attached hydrogen (secondary N) is 1. The summed E-state index contributed by atoms with van der Waals surface area (Å²) in [6, 6.07) is 31.7. The summed E-state index contributed by atoms with van der Waals surface area (Å²) in [5, 5.41) is 22.0. The molecule has 37 heavy (non-hydrogen) atoms. The second kappa shape index (κ2) is 11.0. The third-order valence-corrected chi connectivity index (χ3v) is 7.10. The normalized spacial score (nSPS) is 13.8. The minimum Gasteiger partial charge on any atom is -0.367 e. The highest BCUT2D eigenvalue weighted by Gasteiger charge is 2.21. The zero-order chi connectivity index (χ0) is 25.8. The number of amides is 1. The number of aryl methyl sites for hydroxylation is 1. The molecule has 1 heterocycles. The molecule has 0 saturated carbocycles. The lowest BCUT2D eigenvalue weighted by molar-refractivity contribution is -0.0424. The highest BCUT2D eigenvalue weighted by Crippen LogP contribution is 2.32. The maximum atomic E-state index is 13.0. The Bertz CT molecular complexity index is 1370. The van der Waals surface area contributed by atoms with Crippen LogP contribution in [0.5, 0.6) is 0 Å². The van der Waals surface area contributed by atoms with Crippen molar-refractivity contribution in [1.29, 1.82) is 0 Å². The van der Waals surface area contributed by atoms with Gasteiger partial charge in [-0.25, -0.2) is 0 Å². The Balaban J connectivity index is 1.34. The lowest BCUT2D eigenvalue weighted by Crippen LogP contribution is -2.30. The molecule has 1 aliphatic rings. The number of aliphatic hydroxyl groups excluding tert-OH is 1. The largest absolute Gasteiger partial charge is 0.367 e. The van der Waals surface area contributed by atoms with Crippen LogP contribution in [0.3, 0.4) is 0 Å². The molecule has 3 N–H and O–H groups in total. The summed E-state index contributed by atoms with van der Waals surface area (Å²) in [4.78, 5) is 15.4. The molecule has 1 aliphatic heterocycles. The second-order valence-electron chi connectivity index (χ2n) is 9.63. The van der Waals surface area contributed by atoms with Gasteiger partial charge >= 0.3 is 0 Å². The Hall–Kier alpha value is -3.93. The highest BCUT2D eigenvalue weighted by molar-refractivity contribution is 5.95. The highest BCUT2D eigenvalue weighted by atomic mass is 16.5. The van der Waals surface area contributed by atoms with Gasteiger partial charge in [0.05, 0.1) is 6.04 Å². The van der Waals surface area contributed by atoms with Crippen molar-refractivity contribution >= 4 is 11.6 Å². The van der Waals surface area contributed by atoms with E-state index in [1.165, 1.54) is 16.8 Å². The van der Waals surface area contributed by atoms with Gasteiger partial charge < -0.3 is 20.4 Å². The molecule has 4 aromatic rings. The standard InChI is InChI=1S/C32H32N2O3/c1-22(23-8-3-2-4-9-23)33-31(35)27-17-18-30-26(20-27)11-7-19-34(30)21-28-10-5-6-12-29(28)24-13-15-25(16-14-24)32(36)37/h2-6,8-10,12-18,20,22,32,36-37H,7,11,19,21H2,1H3,(H,33,35)/t22-/m0/s1. The molecule has 0 radical (unpaired) electrons. The van der Waals surface area contributed by atoms with Gasteiger partial charge in [0.1, 0.15) is 0 Å². The van der Waals surface area contributed by atoms with Crippen LogP contribution in [0.1, 0.15) is 58.3 Å². The molecule has 0 bridgehead atoms. The average molecular weight is 493 g/mol. The summed E-state index contributed by atoms with van der Waals surface area (Å²) in [7, 11) is 0. The molecular formula is C32H32N2O3. The minimum absolute atomic E-state index is 0.0573. The van der Waals surface area contributed by atoms with Crippen molar-refractivity contribution in [2.45, 2.75) is 38.6 Å². The predicted octanol–water partition coefficient (Wildman–Crippen LogP) is 5.78. The SMILES string of the molecule is C[C@H](NC(=O)c1ccc2c(c1)CCCN2Cc1ccccc1-c1ccc(C(O)O)cc1)c1ccccc1. The fourth-order valence-corrected chi connectivity index (χ4v) is 5.07. The average Bonchev–Trinajstić information content (AvgIpc) is 2.93. The molecular weight excluding hydrogens is 460 g/mol. The van der Waals surface area contributed by atoms with Crippen LogP contribution in [0.4, 0.5) is 5.69 Å². The van der Waals surface area contributed by atoms with Gasteiger partial charge in [0.15, 0.2) is 6.29 Å². The lowest BCUT2D eigenvalue weighted by atomic mass is 9.95. The number of hydrogen-bond acceptors (Lipinski definition) is 4. The molecule has 1 amide bonds. The molecule has 0 fully saturated rings. The Labute approximate surface area is 218 Å². The number of carbonyl (C=O) groups excluding carboxylic acids is 1. The van der Waals surface area contributed by atoms with E-state index in [4.69, 9.17) is 0 Å². The van der Waals surface area contributed by atoms with Crippen molar-refractivity contribution < 1.29 is 15.0 Å². The van der Waals surface area contributed by atoms with E-state index in [2.05, 4.69) is 34.5 Å². The van der Waals surface area contributed by atoms with Gasteiger partial charge in [-0.1, -0.05) is 78.9 Å². The number of hydrogen-bond donors (Lipinski definition) is 3. The number of nitrogens with zero attached hydrogens (tertiary/aromatic N) is 1. The van der Waals surface area contributed by atoms with E-state index in [-0.39, 0.29) is 11.9 Å². The van der Waals surface area contributed by atoms with Gasteiger partial charge in [-0.15, -0.1) is 0 Å². The first-order valence-corrected chi connectivity index (χ1v) is 12.8. The third-order valence-electron chi connectivity index (χ3n) is 7.10. The molecule has 5 rings (SSSR count). The summed E-state index contributed by atoms with van der Waals surface area (Å²) < 4.78 is 0. The van der Waals surface area contributed by atoms with E-state index in [0.717, 1.165) is 42.6 Å². The maximum Gasteiger partial charge on any atom is 0.251 e. The van der Waals surface area contributed by atoms with Gasteiger partial charge in [-0.2, -0.15) is 0 Å². The van der Waals surface area contributed by atoms with Gasteiger partial charge in [0.25, 0.3) is 5.91 Å². The first kappa shape index (κ1) is 24.8. The van der Waals surface area contributed by atoms with E-state index in [9.17, 15) is 15.0 Å². The number of rotatable bonds is 7. The first-order valence-electron chi connectivity index (χ1n) is 12.8. The number of benzene rings is 4. The Morgan fingerprint density at radius 3 is 2.38 bits per heavy atom. The monoisotopic (exact) mass is 492 g/mol. The molecule has 1 atom stereocenters. The number of anilines is 1. The Kier molecular flexibility index (Phi) is 7.35. The third kappa shape index (κ3) is 5.58. The summed E-state index contributed by atoms with van der Waals surface area (Å²) >= 11 is 0. The molecule has 5 heteroatoms. The fourth-order valence-electron chi connectivity index (χ4n) is 5.07. The van der Waals surface area contributed by atoms with Crippen LogP contribution in [0.25, 0.3) is 11.1 Å². The molecule has 0 aliphatic carbocycles. The van der Waals surface area contributed by atoms with Crippen LogP contribution in [-0.4, -0.2) is 22.7 Å². The number of aliphatic hydroxyl groups is 2. The van der Waals surface area contributed by atoms with Crippen LogP contribution in [0.15, 0.2) is 97.1 Å². The van der Waals surface area contributed by atoms with Crippen molar-refractivity contribution in [1.82, 2.24) is 5.32 Å². The van der Waals surface area contributed by atoms with Gasteiger partial charge in [0.2, 0.25) is 0 Å². The zero-order valence-electron chi connectivity index (χ0n) is 21.0. The molecule has 4 aromatic carbocycles. The summed E-state index contributed by atoms with van der Waals surface area (Å²) in [5.41, 5.74) is 7.99. The van der Waals surface area contributed by atoms with Crippen molar-refractivity contribution in [3.05, 3.63) is 125 Å². The minimum atomic E-state index is -1.47. The van der Waals surface area contributed by atoms with E-state index in [0.29, 0.717) is 11.1 Å². The molecule has 0 unspecified atom stereocenters.